The topological polar surface area (TPSA) is 99.7 Å². The number of aryl methyl sites for hydroxylation is 1. The van der Waals surface area contributed by atoms with E-state index in [-0.39, 0.29) is 11.7 Å². The van der Waals surface area contributed by atoms with Crippen LogP contribution in [-0.4, -0.2) is 28.8 Å². The Kier molecular flexibility index (Phi) is 5.87. The van der Waals surface area contributed by atoms with Crippen LogP contribution in [-0.2, 0) is 0 Å². The van der Waals surface area contributed by atoms with Crippen LogP contribution in [0.3, 0.4) is 0 Å². The molecule has 3 N–H and O–H groups in total. The molecule has 0 saturated heterocycles. The quantitative estimate of drug-likeness (QED) is 0.570. The molecule has 0 aliphatic heterocycles. The van der Waals surface area contributed by atoms with Gasteiger partial charge in [-0.1, -0.05) is 18.7 Å². The van der Waals surface area contributed by atoms with Crippen molar-refractivity contribution >= 4 is 5.95 Å². The molecule has 1 heterocycles. The smallest absolute Gasteiger partial charge is 0.221 e. The number of para-hydroxylation sites is 2. The summed E-state index contributed by atoms with van der Waals surface area (Å²) in [7, 11) is 1.56. The van der Waals surface area contributed by atoms with Gasteiger partial charge in [0, 0.05) is 11.6 Å². The zero-order chi connectivity index (χ0) is 21.0. The fraction of sp³-hybridized carbons (Fsp3) is 0.182. The number of hydrogen-bond donors (Lipinski definition) is 2. The van der Waals surface area contributed by atoms with Crippen LogP contribution in [0, 0.1) is 6.92 Å². The predicted molar refractivity (Wildman–Crippen MR) is 112 cm³/mol. The van der Waals surface area contributed by atoms with E-state index in [0.717, 1.165) is 5.57 Å². The standard InChI is InChI=1S/C22H23N3O4/c1-13(2)12-28-15-9-10-16(17(26)11-15)20-21(14(3)24-22(23)25-20)29-19-8-6-5-7-18(19)27-4/h5-11,26H,1,12H2,2-4H3,(H2,23,24,25). The first-order valence-electron chi connectivity index (χ1n) is 8.94. The van der Waals surface area contributed by atoms with Gasteiger partial charge in [-0.25, -0.2) is 9.97 Å². The molecule has 0 aliphatic carbocycles. The molecule has 0 atom stereocenters. The van der Waals surface area contributed by atoms with Gasteiger partial charge < -0.3 is 25.1 Å². The Morgan fingerprint density at radius 1 is 1.14 bits per heavy atom. The second-order valence-corrected chi connectivity index (χ2v) is 6.52. The SMILES string of the molecule is C=C(C)COc1ccc(-c2nc(N)nc(C)c2Oc2ccccc2OC)c(O)c1. The molecule has 0 fully saturated rings. The Bertz CT molecular complexity index is 1050. The second kappa shape index (κ2) is 8.52. The van der Waals surface area contributed by atoms with E-state index in [9.17, 15) is 5.11 Å². The largest absolute Gasteiger partial charge is 0.507 e. The molecule has 0 bridgehead atoms. The van der Waals surface area contributed by atoms with Gasteiger partial charge >= 0.3 is 0 Å². The van der Waals surface area contributed by atoms with Gasteiger partial charge in [-0.05, 0) is 43.7 Å². The minimum absolute atomic E-state index is 0.0217. The molecule has 0 aliphatic rings. The summed E-state index contributed by atoms with van der Waals surface area (Å²) in [4.78, 5) is 8.50. The van der Waals surface area contributed by atoms with E-state index < -0.39 is 0 Å². The number of anilines is 1. The van der Waals surface area contributed by atoms with E-state index in [2.05, 4.69) is 16.5 Å². The molecular formula is C22H23N3O4. The molecule has 3 aromatic rings. The second-order valence-electron chi connectivity index (χ2n) is 6.52. The highest BCUT2D eigenvalue weighted by atomic mass is 16.5. The van der Waals surface area contributed by atoms with E-state index in [0.29, 0.717) is 46.6 Å². The Morgan fingerprint density at radius 2 is 1.86 bits per heavy atom. The highest BCUT2D eigenvalue weighted by molar-refractivity contribution is 5.75. The minimum atomic E-state index is -0.0217. The van der Waals surface area contributed by atoms with Crippen molar-refractivity contribution in [3.63, 3.8) is 0 Å². The summed E-state index contributed by atoms with van der Waals surface area (Å²) in [6.07, 6.45) is 0. The number of nitrogens with zero attached hydrogens (tertiary/aromatic N) is 2. The van der Waals surface area contributed by atoms with E-state index in [4.69, 9.17) is 19.9 Å². The number of methoxy groups -OCH3 is 1. The van der Waals surface area contributed by atoms with Crippen molar-refractivity contribution in [2.45, 2.75) is 13.8 Å². The van der Waals surface area contributed by atoms with Gasteiger partial charge in [0.2, 0.25) is 5.95 Å². The fourth-order valence-electron chi connectivity index (χ4n) is 2.71. The number of benzene rings is 2. The molecule has 150 valence electrons. The summed E-state index contributed by atoms with van der Waals surface area (Å²) < 4.78 is 17.0. The molecule has 7 nitrogen and oxygen atoms in total. The third kappa shape index (κ3) is 4.57. The Balaban J connectivity index is 2.04. The van der Waals surface area contributed by atoms with Crippen LogP contribution >= 0.6 is 0 Å². The lowest BCUT2D eigenvalue weighted by Gasteiger charge is -2.16. The van der Waals surface area contributed by atoms with E-state index in [1.54, 1.807) is 38.3 Å². The minimum Gasteiger partial charge on any atom is -0.507 e. The van der Waals surface area contributed by atoms with Crippen molar-refractivity contribution in [1.82, 2.24) is 9.97 Å². The van der Waals surface area contributed by atoms with Gasteiger partial charge in [0.25, 0.3) is 0 Å². The highest BCUT2D eigenvalue weighted by Crippen LogP contribution is 2.41. The number of hydrogen-bond acceptors (Lipinski definition) is 7. The lowest BCUT2D eigenvalue weighted by atomic mass is 10.1. The van der Waals surface area contributed by atoms with Crippen LogP contribution in [0.4, 0.5) is 5.95 Å². The molecule has 3 rings (SSSR count). The number of aromatic nitrogens is 2. The van der Waals surface area contributed by atoms with Crippen molar-refractivity contribution < 1.29 is 19.3 Å². The average molecular weight is 393 g/mol. The lowest BCUT2D eigenvalue weighted by molar-refractivity contribution is 0.350. The lowest BCUT2D eigenvalue weighted by Crippen LogP contribution is -2.03. The zero-order valence-electron chi connectivity index (χ0n) is 16.6. The van der Waals surface area contributed by atoms with Crippen LogP contribution in [0.5, 0.6) is 28.7 Å². The van der Waals surface area contributed by atoms with Crippen molar-refractivity contribution in [2.24, 2.45) is 0 Å². The molecule has 0 saturated carbocycles. The summed E-state index contributed by atoms with van der Waals surface area (Å²) >= 11 is 0. The maximum Gasteiger partial charge on any atom is 0.221 e. The van der Waals surface area contributed by atoms with Crippen molar-refractivity contribution in [1.29, 1.82) is 0 Å². The number of phenols is 1. The molecule has 0 amide bonds. The third-order valence-corrected chi connectivity index (χ3v) is 4.04. The average Bonchev–Trinajstić information content (AvgIpc) is 2.68. The van der Waals surface area contributed by atoms with Gasteiger partial charge in [-0.2, -0.15) is 0 Å². The van der Waals surface area contributed by atoms with E-state index in [1.807, 2.05) is 19.1 Å². The van der Waals surface area contributed by atoms with E-state index >= 15 is 0 Å². The first-order chi connectivity index (χ1) is 13.9. The van der Waals surface area contributed by atoms with Crippen molar-refractivity contribution in [3.05, 3.63) is 60.3 Å². The van der Waals surface area contributed by atoms with Crippen LogP contribution in [0.2, 0.25) is 0 Å². The summed E-state index contributed by atoms with van der Waals surface area (Å²) in [5.41, 5.74) is 8.07. The van der Waals surface area contributed by atoms with Crippen molar-refractivity contribution in [3.8, 4) is 40.0 Å². The van der Waals surface area contributed by atoms with Gasteiger partial charge in [-0.15, -0.1) is 0 Å². The van der Waals surface area contributed by atoms with Gasteiger partial charge in [-0.3, -0.25) is 0 Å². The highest BCUT2D eigenvalue weighted by Gasteiger charge is 2.19. The van der Waals surface area contributed by atoms with Crippen LogP contribution < -0.4 is 19.9 Å². The van der Waals surface area contributed by atoms with E-state index in [1.165, 1.54) is 6.07 Å². The maximum absolute atomic E-state index is 10.6. The van der Waals surface area contributed by atoms with Gasteiger partial charge in [0.1, 0.15) is 23.8 Å². The Morgan fingerprint density at radius 3 is 2.52 bits per heavy atom. The molecule has 0 spiro atoms. The zero-order valence-corrected chi connectivity index (χ0v) is 16.6. The number of nitrogens with two attached hydrogens (primary N) is 1. The molecule has 0 unspecified atom stereocenters. The van der Waals surface area contributed by atoms with Gasteiger partial charge in [0.15, 0.2) is 17.2 Å². The number of phenolic OH excluding ortho intramolecular Hbond substituents is 1. The molecular weight excluding hydrogens is 370 g/mol. The third-order valence-electron chi connectivity index (χ3n) is 4.04. The summed E-state index contributed by atoms with van der Waals surface area (Å²) in [6.45, 7) is 7.78. The predicted octanol–water partition coefficient (Wildman–Crippen LogP) is 4.50. The van der Waals surface area contributed by atoms with Gasteiger partial charge in [0.05, 0.1) is 12.8 Å². The normalized spacial score (nSPS) is 10.4. The molecule has 7 heteroatoms. The van der Waals surface area contributed by atoms with Crippen LogP contribution in [0.1, 0.15) is 12.6 Å². The number of ether oxygens (including phenoxy) is 3. The first kappa shape index (κ1) is 20.0. The number of rotatable bonds is 7. The molecule has 1 aromatic heterocycles. The number of nitrogen functional groups attached to an aromatic ring is 1. The maximum atomic E-state index is 10.6. The molecule has 0 radical (unpaired) electrons. The monoisotopic (exact) mass is 393 g/mol. The fourth-order valence-corrected chi connectivity index (χ4v) is 2.71. The summed E-state index contributed by atoms with van der Waals surface area (Å²) in [6, 6.07) is 12.2. The van der Waals surface area contributed by atoms with Crippen LogP contribution in [0.15, 0.2) is 54.6 Å². The Hall–Kier alpha value is -3.74. The summed E-state index contributed by atoms with van der Waals surface area (Å²) in [5.74, 6) is 1.99. The Labute approximate surface area is 169 Å². The van der Waals surface area contributed by atoms with Crippen LogP contribution in [0.25, 0.3) is 11.3 Å². The van der Waals surface area contributed by atoms with Crippen molar-refractivity contribution in [2.75, 3.05) is 19.5 Å². The summed E-state index contributed by atoms with van der Waals surface area (Å²) in [5, 5.41) is 10.6. The molecule has 29 heavy (non-hydrogen) atoms. The molecule has 2 aromatic carbocycles. The first-order valence-corrected chi connectivity index (χ1v) is 8.94. The number of aromatic hydroxyl groups is 1.